The van der Waals surface area contributed by atoms with Gasteiger partial charge in [0.25, 0.3) is 0 Å². The van der Waals surface area contributed by atoms with Crippen LogP contribution in [0.25, 0.3) is 0 Å². The van der Waals surface area contributed by atoms with Crippen LogP contribution in [0.15, 0.2) is 18.2 Å². The Morgan fingerprint density at radius 2 is 1.96 bits per heavy atom. The van der Waals surface area contributed by atoms with Crippen LogP contribution in [-0.2, 0) is 11.3 Å². The van der Waals surface area contributed by atoms with Crippen molar-refractivity contribution >= 4 is 11.9 Å². The number of urea groups is 1. The molecule has 126 valence electrons. The number of carbonyl (C=O) groups excluding carboxylic acids is 2. The van der Waals surface area contributed by atoms with E-state index in [2.05, 4.69) is 10.6 Å². The monoisotopic (exact) mass is 321 g/mol. The van der Waals surface area contributed by atoms with E-state index in [4.69, 9.17) is 15.2 Å². The number of nitrogens with two attached hydrogens (primary N) is 1. The molecule has 1 aliphatic rings. The van der Waals surface area contributed by atoms with Gasteiger partial charge >= 0.3 is 6.03 Å². The van der Waals surface area contributed by atoms with E-state index in [0.29, 0.717) is 18.0 Å². The smallest absolute Gasteiger partial charge is 0.315 e. The second-order valence-electron chi connectivity index (χ2n) is 5.56. The third kappa shape index (κ3) is 4.28. The van der Waals surface area contributed by atoms with Crippen LogP contribution in [0, 0.1) is 5.92 Å². The fourth-order valence-corrected chi connectivity index (χ4v) is 2.87. The lowest BCUT2D eigenvalue weighted by Gasteiger charge is -2.18. The van der Waals surface area contributed by atoms with Gasteiger partial charge in [0.1, 0.15) is 0 Å². The Morgan fingerprint density at radius 1 is 1.22 bits per heavy atom. The highest BCUT2D eigenvalue weighted by Gasteiger charge is 2.32. The number of ether oxygens (including phenoxy) is 2. The van der Waals surface area contributed by atoms with E-state index in [1.807, 2.05) is 6.07 Å². The van der Waals surface area contributed by atoms with Crippen LogP contribution in [0.1, 0.15) is 24.8 Å². The highest BCUT2D eigenvalue weighted by molar-refractivity contribution is 5.80. The van der Waals surface area contributed by atoms with E-state index < -0.39 is 0 Å². The molecule has 0 radical (unpaired) electrons. The van der Waals surface area contributed by atoms with Crippen LogP contribution in [-0.4, -0.2) is 32.2 Å². The number of nitrogens with one attached hydrogen (secondary N) is 2. The van der Waals surface area contributed by atoms with Crippen LogP contribution in [0.2, 0.25) is 0 Å². The molecule has 1 fully saturated rings. The summed E-state index contributed by atoms with van der Waals surface area (Å²) in [6, 6.07) is 4.95. The maximum Gasteiger partial charge on any atom is 0.315 e. The Bertz CT molecular complexity index is 576. The van der Waals surface area contributed by atoms with Crippen molar-refractivity contribution in [2.75, 3.05) is 14.2 Å². The van der Waals surface area contributed by atoms with E-state index in [0.717, 1.165) is 24.8 Å². The first-order chi connectivity index (χ1) is 11.0. The first-order valence-corrected chi connectivity index (χ1v) is 7.59. The van der Waals surface area contributed by atoms with Gasteiger partial charge in [-0.3, -0.25) is 4.79 Å². The van der Waals surface area contributed by atoms with Crippen LogP contribution in [0.3, 0.4) is 0 Å². The van der Waals surface area contributed by atoms with Gasteiger partial charge in [-0.05, 0) is 30.5 Å². The largest absolute Gasteiger partial charge is 0.493 e. The third-order valence-corrected chi connectivity index (χ3v) is 4.10. The Labute approximate surface area is 135 Å². The van der Waals surface area contributed by atoms with Crippen molar-refractivity contribution in [1.82, 2.24) is 10.6 Å². The van der Waals surface area contributed by atoms with E-state index in [1.165, 1.54) is 0 Å². The maximum atomic E-state index is 12.0. The van der Waals surface area contributed by atoms with Gasteiger partial charge < -0.3 is 25.8 Å². The Morgan fingerprint density at radius 3 is 2.61 bits per heavy atom. The molecule has 1 saturated carbocycles. The topological polar surface area (TPSA) is 103 Å². The molecule has 0 bridgehead atoms. The molecular weight excluding hydrogens is 298 g/mol. The molecule has 1 aliphatic carbocycles. The summed E-state index contributed by atoms with van der Waals surface area (Å²) in [4.78, 5) is 23.3. The molecular formula is C16H23N3O4. The first-order valence-electron chi connectivity index (χ1n) is 7.59. The number of hydrogen-bond acceptors (Lipinski definition) is 4. The van der Waals surface area contributed by atoms with Gasteiger partial charge in [0, 0.05) is 12.6 Å². The predicted molar refractivity (Wildman–Crippen MR) is 85.2 cm³/mol. The highest BCUT2D eigenvalue weighted by Crippen LogP contribution is 2.27. The standard InChI is InChI=1S/C16H23N3O4/c1-22-13-7-6-10(8-14(13)23-2)9-18-16(21)19-12-5-3-4-11(12)15(17)20/h6-8,11-12H,3-5,9H2,1-2H3,(H2,17,20)(H2,18,19,21). The van der Waals surface area contributed by atoms with Crippen molar-refractivity contribution < 1.29 is 19.1 Å². The lowest BCUT2D eigenvalue weighted by atomic mass is 10.0. The number of hydrogen-bond donors (Lipinski definition) is 3. The summed E-state index contributed by atoms with van der Waals surface area (Å²) in [6.45, 7) is 0.347. The third-order valence-electron chi connectivity index (χ3n) is 4.10. The van der Waals surface area contributed by atoms with Gasteiger partial charge in [0.2, 0.25) is 5.91 Å². The van der Waals surface area contributed by atoms with Crippen LogP contribution >= 0.6 is 0 Å². The van der Waals surface area contributed by atoms with E-state index in [1.54, 1.807) is 26.4 Å². The zero-order valence-electron chi connectivity index (χ0n) is 13.4. The summed E-state index contributed by atoms with van der Waals surface area (Å²) >= 11 is 0. The molecule has 0 spiro atoms. The molecule has 23 heavy (non-hydrogen) atoms. The van der Waals surface area contributed by atoms with Crippen molar-refractivity contribution in [2.24, 2.45) is 11.7 Å². The fraction of sp³-hybridized carbons (Fsp3) is 0.500. The SMILES string of the molecule is COc1ccc(CNC(=O)NC2CCCC2C(N)=O)cc1OC. The summed E-state index contributed by atoms with van der Waals surface area (Å²) in [5.74, 6) is 0.613. The summed E-state index contributed by atoms with van der Waals surface area (Å²) in [7, 11) is 3.13. The molecule has 2 unspecified atom stereocenters. The van der Waals surface area contributed by atoms with Crippen molar-refractivity contribution in [2.45, 2.75) is 31.8 Å². The molecule has 0 heterocycles. The van der Waals surface area contributed by atoms with E-state index in [-0.39, 0.29) is 23.9 Å². The lowest BCUT2D eigenvalue weighted by Crippen LogP contribution is -2.46. The Kier molecular flexibility index (Phi) is 5.67. The second-order valence-corrected chi connectivity index (χ2v) is 5.56. The molecule has 7 nitrogen and oxygen atoms in total. The number of amides is 3. The maximum absolute atomic E-state index is 12.0. The number of primary amides is 1. The molecule has 0 aliphatic heterocycles. The van der Waals surface area contributed by atoms with Crippen molar-refractivity contribution in [3.8, 4) is 11.5 Å². The molecule has 3 amide bonds. The molecule has 1 aromatic rings. The van der Waals surface area contributed by atoms with E-state index >= 15 is 0 Å². The highest BCUT2D eigenvalue weighted by atomic mass is 16.5. The summed E-state index contributed by atoms with van der Waals surface area (Å²) in [6.07, 6.45) is 2.40. The molecule has 2 atom stereocenters. The zero-order valence-corrected chi connectivity index (χ0v) is 13.4. The predicted octanol–water partition coefficient (Wildman–Crippen LogP) is 1.16. The van der Waals surface area contributed by atoms with E-state index in [9.17, 15) is 9.59 Å². The minimum absolute atomic E-state index is 0.182. The van der Waals surface area contributed by atoms with Gasteiger partial charge in [-0.1, -0.05) is 12.5 Å². The van der Waals surface area contributed by atoms with Gasteiger partial charge in [0.05, 0.1) is 20.1 Å². The molecule has 2 rings (SSSR count). The van der Waals surface area contributed by atoms with Crippen LogP contribution in [0.5, 0.6) is 11.5 Å². The minimum atomic E-state index is -0.354. The number of rotatable bonds is 6. The average Bonchev–Trinajstić information content (AvgIpc) is 3.00. The number of carbonyl (C=O) groups is 2. The molecule has 7 heteroatoms. The summed E-state index contributed by atoms with van der Waals surface area (Å²) < 4.78 is 10.4. The Balaban J connectivity index is 1.88. The number of methoxy groups -OCH3 is 2. The average molecular weight is 321 g/mol. The summed E-state index contributed by atoms with van der Waals surface area (Å²) in [5, 5.41) is 5.60. The second kappa shape index (κ2) is 7.71. The lowest BCUT2D eigenvalue weighted by molar-refractivity contribution is -0.122. The van der Waals surface area contributed by atoms with Gasteiger partial charge in [-0.15, -0.1) is 0 Å². The van der Waals surface area contributed by atoms with Crippen LogP contribution in [0.4, 0.5) is 4.79 Å². The van der Waals surface area contributed by atoms with Gasteiger partial charge in [0.15, 0.2) is 11.5 Å². The minimum Gasteiger partial charge on any atom is -0.493 e. The molecule has 0 aromatic heterocycles. The first kappa shape index (κ1) is 16.9. The number of benzene rings is 1. The van der Waals surface area contributed by atoms with Crippen molar-refractivity contribution in [1.29, 1.82) is 0 Å². The normalized spacial score (nSPS) is 19.9. The zero-order chi connectivity index (χ0) is 16.8. The van der Waals surface area contributed by atoms with Crippen molar-refractivity contribution in [3.63, 3.8) is 0 Å². The van der Waals surface area contributed by atoms with Crippen molar-refractivity contribution in [3.05, 3.63) is 23.8 Å². The Hall–Kier alpha value is -2.44. The van der Waals surface area contributed by atoms with Crippen LogP contribution < -0.4 is 25.8 Å². The fourth-order valence-electron chi connectivity index (χ4n) is 2.87. The summed E-state index contributed by atoms with van der Waals surface area (Å²) in [5.41, 5.74) is 6.24. The van der Waals surface area contributed by atoms with Gasteiger partial charge in [-0.25, -0.2) is 4.79 Å². The van der Waals surface area contributed by atoms with Gasteiger partial charge in [-0.2, -0.15) is 0 Å². The molecule has 4 N–H and O–H groups in total. The quantitative estimate of drug-likeness (QED) is 0.731. The molecule has 1 aromatic carbocycles. The molecule has 0 saturated heterocycles.